The highest BCUT2D eigenvalue weighted by atomic mass is 16.3. The zero-order chi connectivity index (χ0) is 18.8. The molecule has 0 radical (unpaired) electrons. The lowest BCUT2D eigenvalue weighted by molar-refractivity contribution is 0.0619. The van der Waals surface area contributed by atoms with Crippen LogP contribution in [0.3, 0.4) is 0 Å². The fourth-order valence-electron chi connectivity index (χ4n) is 3.84. The van der Waals surface area contributed by atoms with Gasteiger partial charge in [0.1, 0.15) is 0 Å². The first-order valence-corrected chi connectivity index (χ1v) is 9.71. The van der Waals surface area contributed by atoms with E-state index in [1.54, 1.807) is 0 Å². The van der Waals surface area contributed by atoms with E-state index >= 15 is 0 Å². The molecule has 1 saturated carbocycles. The summed E-state index contributed by atoms with van der Waals surface area (Å²) in [6.07, 6.45) is 1.37. The molecule has 1 fully saturated rings. The summed E-state index contributed by atoms with van der Waals surface area (Å²) in [5, 5.41) is 13.8. The van der Waals surface area contributed by atoms with Crippen molar-refractivity contribution in [3.63, 3.8) is 0 Å². The van der Waals surface area contributed by atoms with Crippen molar-refractivity contribution in [2.24, 2.45) is 0 Å². The number of aromatic amines is 1. The van der Waals surface area contributed by atoms with Gasteiger partial charge >= 0.3 is 0 Å². The maximum Gasteiger partial charge on any atom is 0.252 e. The van der Waals surface area contributed by atoms with Gasteiger partial charge in [-0.15, -0.1) is 0 Å². The van der Waals surface area contributed by atoms with Gasteiger partial charge in [0.25, 0.3) is 5.56 Å². The normalized spacial score (nSPS) is 19.9. The number of benzene rings is 1. The van der Waals surface area contributed by atoms with Gasteiger partial charge in [0.2, 0.25) is 0 Å². The molecule has 1 aliphatic carbocycles. The first kappa shape index (κ1) is 19.1. The van der Waals surface area contributed by atoms with E-state index in [0.29, 0.717) is 12.6 Å². The van der Waals surface area contributed by atoms with E-state index in [1.165, 1.54) is 16.7 Å². The summed E-state index contributed by atoms with van der Waals surface area (Å²) < 4.78 is 0. The highest BCUT2D eigenvalue weighted by Gasteiger charge is 2.26. The quantitative estimate of drug-likeness (QED) is 0.712. The largest absolute Gasteiger partial charge is 0.393 e. The number of aliphatic hydroxyl groups is 1. The molecule has 3 N–H and O–H groups in total. The topological polar surface area (TPSA) is 68.4 Å². The first-order valence-electron chi connectivity index (χ1n) is 9.71. The van der Waals surface area contributed by atoms with E-state index in [2.05, 4.69) is 49.0 Å². The maximum atomic E-state index is 12.5. The molecule has 0 aliphatic heterocycles. The molecular weight excluding hydrogens is 326 g/mol. The number of aromatic nitrogens is 1. The molecule has 0 amide bonds. The van der Waals surface area contributed by atoms with Crippen molar-refractivity contribution in [2.75, 3.05) is 13.1 Å². The molecule has 3 rings (SSSR count). The van der Waals surface area contributed by atoms with Crippen LogP contribution in [-0.4, -0.2) is 40.2 Å². The second-order valence-electron chi connectivity index (χ2n) is 7.55. The summed E-state index contributed by atoms with van der Waals surface area (Å²) in [5.74, 6) is 0. The molecule has 0 saturated heterocycles. The van der Waals surface area contributed by atoms with Crippen LogP contribution < -0.4 is 10.9 Å². The summed E-state index contributed by atoms with van der Waals surface area (Å²) in [6.45, 7) is 12.1. The van der Waals surface area contributed by atoms with Gasteiger partial charge in [-0.3, -0.25) is 9.69 Å². The van der Waals surface area contributed by atoms with Crippen LogP contribution >= 0.6 is 0 Å². The minimum atomic E-state index is -0.183. The fraction of sp³-hybridized carbons (Fsp3) is 0.571. The number of fused-ring (bicyclic) bond motifs is 1. The van der Waals surface area contributed by atoms with Gasteiger partial charge in [0, 0.05) is 24.7 Å². The third-order valence-electron chi connectivity index (χ3n) is 5.79. The van der Waals surface area contributed by atoms with Crippen LogP contribution in [0.15, 0.2) is 16.9 Å². The number of nitrogens with one attached hydrogen (secondary N) is 2. The van der Waals surface area contributed by atoms with E-state index in [9.17, 15) is 9.90 Å². The summed E-state index contributed by atoms with van der Waals surface area (Å²) in [5.41, 5.74) is 5.44. The highest BCUT2D eigenvalue weighted by Crippen LogP contribution is 2.25. The van der Waals surface area contributed by atoms with Crippen molar-refractivity contribution in [1.29, 1.82) is 0 Å². The molecule has 26 heavy (non-hydrogen) atoms. The minimum absolute atomic E-state index is 0.0226. The van der Waals surface area contributed by atoms with E-state index in [0.717, 1.165) is 48.9 Å². The van der Waals surface area contributed by atoms with Crippen LogP contribution in [-0.2, 0) is 13.1 Å². The van der Waals surface area contributed by atoms with Crippen molar-refractivity contribution < 1.29 is 5.11 Å². The summed E-state index contributed by atoms with van der Waals surface area (Å²) >= 11 is 0. The smallest absolute Gasteiger partial charge is 0.252 e. The van der Waals surface area contributed by atoms with Gasteiger partial charge in [0.15, 0.2) is 0 Å². The second kappa shape index (κ2) is 7.91. The number of rotatable bonds is 7. The molecule has 1 aromatic heterocycles. The lowest BCUT2D eigenvalue weighted by atomic mass is 9.89. The summed E-state index contributed by atoms with van der Waals surface area (Å²) in [6, 6.07) is 4.52. The van der Waals surface area contributed by atoms with Gasteiger partial charge in [-0.2, -0.15) is 0 Å². The standard InChI is InChI=1S/C21H31N3O2/c1-5-24(6-2)12-19-13(3)7-15-8-16(11-22-17-9-18(25)10-17)21(26)23-20(15)14(19)4/h7-8,17-18,22,25H,5-6,9-12H2,1-4H3,(H,23,26). The zero-order valence-corrected chi connectivity index (χ0v) is 16.4. The molecule has 1 aliphatic rings. The molecule has 0 unspecified atom stereocenters. The van der Waals surface area contributed by atoms with Crippen LogP contribution in [0.2, 0.25) is 0 Å². The number of pyridine rings is 1. The molecular formula is C21H31N3O2. The van der Waals surface area contributed by atoms with Gasteiger partial charge < -0.3 is 15.4 Å². The Morgan fingerprint density at radius 1 is 1.23 bits per heavy atom. The average molecular weight is 357 g/mol. The van der Waals surface area contributed by atoms with E-state index in [1.807, 2.05) is 6.07 Å². The number of H-pyrrole nitrogens is 1. The number of hydrogen-bond donors (Lipinski definition) is 3. The maximum absolute atomic E-state index is 12.5. The first-order chi connectivity index (χ1) is 12.4. The molecule has 0 spiro atoms. The lowest BCUT2D eigenvalue weighted by Gasteiger charge is -2.32. The Labute approximate surface area is 155 Å². The van der Waals surface area contributed by atoms with Crippen molar-refractivity contribution >= 4 is 10.9 Å². The van der Waals surface area contributed by atoms with Crippen LogP contribution in [0.1, 0.15) is 48.9 Å². The van der Waals surface area contributed by atoms with Gasteiger partial charge in [-0.05, 0) is 74.0 Å². The Kier molecular flexibility index (Phi) is 5.80. The van der Waals surface area contributed by atoms with Crippen molar-refractivity contribution in [3.8, 4) is 0 Å². The fourth-order valence-corrected chi connectivity index (χ4v) is 3.84. The molecule has 0 atom stereocenters. The second-order valence-corrected chi connectivity index (χ2v) is 7.55. The average Bonchev–Trinajstić information content (AvgIpc) is 2.59. The molecule has 1 heterocycles. The van der Waals surface area contributed by atoms with Crippen molar-refractivity contribution in [2.45, 2.75) is 65.8 Å². The van der Waals surface area contributed by atoms with Gasteiger partial charge in [-0.25, -0.2) is 0 Å². The number of aryl methyl sites for hydroxylation is 2. The third-order valence-corrected chi connectivity index (χ3v) is 5.79. The van der Waals surface area contributed by atoms with E-state index in [-0.39, 0.29) is 11.7 Å². The Morgan fingerprint density at radius 3 is 2.54 bits per heavy atom. The van der Waals surface area contributed by atoms with Crippen LogP contribution in [0.4, 0.5) is 0 Å². The number of hydrogen-bond acceptors (Lipinski definition) is 4. The van der Waals surface area contributed by atoms with Crippen molar-refractivity contribution in [1.82, 2.24) is 15.2 Å². The monoisotopic (exact) mass is 357 g/mol. The Bertz CT molecular complexity index is 833. The molecule has 2 aromatic rings. The van der Waals surface area contributed by atoms with Crippen molar-refractivity contribution in [3.05, 3.63) is 44.7 Å². The molecule has 1 aromatic carbocycles. The number of aliphatic hydroxyl groups excluding tert-OH is 1. The zero-order valence-electron chi connectivity index (χ0n) is 16.4. The Morgan fingerprint density at radius 2 is 1.92 bits per heavy atom. The minimum Gasteiger partial charge on any atom is -0.393 e. The SMILES string of the molecule is CCN(CC)Cc1c(C)cc2cc(CNC3CC(O)C3)c(=O)[nH]c2c1C. The van der Waals surface area contributed by atoms with Gasteiger partial charge in [0.05, 0.1) is 11.6 Å². The van der Waals surface area contributed by atoms with E-state index < -0.39 is 0 Å². The Hall–Kier alpha value is -1.69. The highest BCUT2D eigenvalue weighted by molar-refractivity contribution is 5.84. The Balaban J connectivity index is 1.89. The number of nitrogens with zero attached hydrogens (tertiary/aromatic N) is 1. The molecule has 5 nitrogen and oxygen atoms in total. The lowest BCUT2D eigenvalue weighted by Crippen LogP contribution is -2.44. The third kappa shape index (κ3) is 3.85. The van der Waals surface area contributed by atoms with Crippen LogP contribution in [0.25, 0.3) is 10.9 Å². The summed E-state index contributed by atoms with van der Waals surface area (Å²) in [7, 11) is 0. The van der Waals surface area contributed by atoms with Crippen LogP contribution in [0, 0.1) is 13.8 Å². The molecule has 142 valence electrons. The van der Waals surface area contributed by atoms with E-state index in [4.69, 9.17) is 0 Å². The van der Waals surface area contributed by atoms with Gasteiger partial charge in [-0.1, -0.05) is 13.8 Å². The molecule has 0 bridgehead atoms. The summed E-state index contributed by atoms with van der Waals surface area (Å²) in [4.78, 5) is 18.0. The predicted molar refractivity (Wildman–Crippen MR) is 107 cm³/mol. The van der Waals surface area contributed by atoms with Crippen LogP contribution in [0.5, 0.6) is 0 Å². The molecule has 5 heteroatoms. The predicted octanol–water partition coefficient (Wildman–Crippen LogP) is 2.60.